The monoisotopic (exact) mass is 332 g/mol. The van der Waals surface area contributed by atoms with Gasteiger partial charge in [0, 0.05) is 5.56 Å². The molecule has 122 valence electrons. The molecular weight excluding hydrogens is 321 g/mol. The Hall–Kier alpha value is -3.01. The first-order chi connectivity index (χ1) is 11.4. The highest BCUT2D eigenvalue weighted by Crippen LogP contribution is 2.30. The van der Waals surface area contributed by atoms with Crippen LogP contribution < -0.4 is 9.57 Å². The summed E-state index contributed by atoms with van der Waals surface area (Å²) in [6, 6.07) is 12.6. The molecule has 3 rings (SSSR count). The van der Waals surface area contributed by atoms with Gasteiger partial charge >= 0.3 is 6.36 Å². The van der Waals surface area contributed by atoms with Gasteiger partial charge in [-0.05, 0) is 60.9 Å². The maximum Gasteiger partial charge on any atom is 0.573 e. The lowest BCUT2D eigenvalue weighted by atomic mass is 10.1. The normalized spacial score (nSPS) is 15.0. The summed E-state index contributed by atoms with van der Waals surface area (Å²) < 4.78 is 40.7. The fourth-order valence-electron chi connectivity index (χ4n) is 2.44. The van der Waals surface area contributed by atoms with Crippen molar-refractivity contribution >= 4 is 5.71 Å². The Morgan fingerprint density at radius 3 is 2.38 bits per heavy atom. The van der Waals surface area contributed by atoms with E-state index in [0.717, 1.165) is 11.1 Å². The highest BCUT2D eigenvalue weighted by Gasteiger charge is 2.31. The summed E-state index contributed by atoms with van der Waals surface area (Å²) >= 11 is 0. The van der Waals surface area contributed by atoms with Gasteiger partial charge in [-0.2, -0.15) is 5.26 Å². The third-order valence-corrected chi connectivity index (χ3v) is 3.50. The molecule has 1 aliphatic rings. The Bertz CT molecular complexity index is 821. The second kappa shape index (κ2) is 6.24. The van der Waals surface area contributed by atoms with E-state index in [1.54, 1.807) is 30.3 Å². The zero-order valence-corrected chi connectivity index (χ0v) is 12.3. The van der Waals surface area contributed by atoms with Crippen molar-refractivity contribution in [1.82, 2.24) is 0 Å². The molecule has 2 aromatic rings. The largest absolute Gasteiger partial charge is 0.573 e. The molecule has 24 heavy (non-hydrogen) atoms. The molecule has 0 aromatic heterocycles. The Labute approximate surface area is 135 Å². The molecule has 4 nitrogen and oxygen atoms in total. The Kier molecular flexibility index (Phi) is 4.13. The average Bonchev–Trinajstić information content (AvgIpc) is 2.94. The maximum absolute atomic E-state index is 12.2. The van der Waals surface area contributed by atoms with Gasteiger partial charge in [-0.3, -0.25) is 0 Å². The van der Waals surface area contributed by atoms with Crippen LogP contribution in [0.15, 0.2) is 47.6 Å². The molecule has 1 aliphatic carbocycles. The summed E-state index contributed by atoms with van der Waals surface area (Å²) in [5, 5.41) is 12.8. The second-order valence-electron chi connectivity index (χ2n) is 5.13. The van der Waals surface area contributed by atoms with Gasteiger partial charge < -0.3 is 9.57 Å². The van der Waals surface area contributed by atoms with Crippen LogP contribution in [-0.2, 0) is 6.42 Å². The lowest BCUT2D eigenvalue weighted by Gasteiger charge is -2.10. The molecule has 7 heteroatoms. The minimum Gasteiger partial charge on any atom is -0.406 e. The third-order valence-electron chi connectivity index (χ3n) is 3.50. The van der Waals surface area contributed by atoms with Crippen LogP contribution >= 0.6 is 0 Å². The number of oxime groups is 1. The van der Waals surface area contributed by atoms with Crippen LogP contribution in [0.5, 0.6) is 11.5 Å². The Morgan fingerprint density at radius 1 is 1.00 bits per heavy atom. The first kappa shape index (κ1) is 15.9. The number of benzene rings is 2. The van der Waals surface area contributed by atoms with Gasteiger partial charge in [-0.25, -0.2) is 0 Å². The van der Waals surface area contributed by atoms with Crippen molar-refractivity contribution < 1.29 is 22.7 Å². The molecule has 0 amide bonds. The number of nitrogens with zero attached hydrogens (tertiary/aromatic N) is 2. The summed E-state index contributed by atoms with van der Waals surface area (Å²) in [6.45, 7) is 0. The van der Waals surface area contributed by atoms with Crippen LogP contribution in [0.1, 0.15) is 23.1 Å². The molecule has 0 saturated carbocycles. The molecule has 2 aromatic carbocycles. The van der Waals surface area contributed by atoms with Crippen molar-refractivity contribution in [2.24, 2.45) is 5.16 Å². The number of hydrogen-bond acceptors (Lipinski definition) is 4. The van der Waals surface area contributed by atoms with E-state index in [9.17, 15) is 13.2 Å². The van der Waals surface area contributed by atoms with Gasteiger partial charge in [-0.1, -0.05) is 5.16 Å². The van der Waals surface area contributed by atoms with E-state index in [2.05, 4.69) is 9.89 Å². The van der Waals surface area contributed by atoms with Gasteiger partial charge in [0.25, 0.3) is 0 Å². The summed E-state index contributed by atoms with van der Waals surface area (Å²) in [7, 11) is 0. The van der Waals surface area contributed by atoms with Crippen molar-refractivity contribution in [3.8, 4) is 17.6 Å². The average molecular weight is 332 g/mol. The number of fused-ring (bicyclic) bond motifs is 1. The lowest BCUT2D eigenvalue weighted by Crippen LogP contribution is -2.17. The van der Waals surface area contributed by atoms with Gasteiger partial charge in [0.1, 0.15) is 5.75 Å². The molecule has 0 saturated heterocycles. The summed E-state index contributed by atoms with van der Waals surface area (Å²) in [5.41, 5.74) is 2.66. The fraction of sp³-hybridized carbons (Fsp3) is 0.176. The van der Waals surface area contributed by atoms with Crippen molar-refractivity contribution in [1.29, 1.82) is 5.26 Å². The predicted molar refractivity (Wildman–Crippen MR) is 79.8 cm³/mol. The molecule has 0 bridgehead atoms. The zero-order valence-electron chi connectivity index (χ0n) is 12.3. The minimum absolute atomic E-state index is 0.240. The maximum atomic E-state index is 12.2. The Morgan fingerprint density at radius 2 is 1.71 bits per heavy atom. The van der Waals surface area contributed by atoms with Crippen LogP contribution in [0, 0.1) is 11.3 Å². The van der Waals surface area contributed by atoms with Gasteiger partial charge in [-0.15, -0.1) is 13.2 Å². The highest BCUT2D eigenvalue weighted by atomic mass is 19.4. The van der Waals surface area contributed by atoms with Gasteiger partial charge in [0.15, 0.2) is 5.75 Å². The minimum atomic E-state index is -4.71. The van der Waals surface area contributed by atoms with Crippen molar-refractivity contribution in [2.45, 2.75) is 19.2 Å². The standard InChI is InChI=1S/C17H11F3N2O2/c18-17(19,20)23-14-6-7-15-12(9-14)3-8-16(15)22-24-13-4-1-11(10-21)2-5-13/h1-2,4-7,9H,3,8H2/b22-16+. The molecule has 0 unspecified atom stereocenters. The first-order valence-electron chi connectivity index (χ1n) is 7.08. The van der Waals surface area contributed by atoms with Crippen LogP contribution in [-0.4, -0.2) is 12.1 Å². The SMILES string of the molecule is N#Cc1ccc(O/N=C2\CCc3cc(OC(F)(F)F)ccc32)cc1. The summed E-state index contributed by atoms with van der Waals surface area (Å²) in [4.78, 5) is 5.32. The van der Waals surface area contributed by atoms with Crippen LogP contribution in [0.25, 0.3) is 0 Å². The topological polar surface area (TPSA) is 54.6 Å². The number of hydrogen-bond donors (Lipinski definition) is 0. The lowest BCUT2D eigenvalue weighted by molar-refractivity contribution is -0.274. The van der Waals surface area contributed by atoms with E-state index >= 15 is 0 Å². The van der Waals surface area contributed by atoms with Crippen LogP contribution in [0.4, 0.5) is 13.2 Å². The van der Waals surface area contributed by atoms with Crippen LogP contribution in [0.2, 0.25) is 0 Å². The van der Waals surface area contributed by atoms with E-state index in [4.69, 9.17) is 10.1 Å². The molecular formula is C17H11F3N2O2. The molecule has 0 radical (unpaired) electrons. The predicted octanol–water partition coefficient (Wildman–Crippen LogP) is 4.19. The summed E-state index contributed by atoms with van der Waals surface area (Å²) in [5.74, 6) is 0.238. The van der Waals surface area contributed by atoms with Crippen molar-refractivity contribution in [2.75, 3.05) is 0 Å². The molecule has 0 heterocycles. The molecule has 0 fully saturated rings. The molecule has 0 atom stereocenters. The molecule has 0 aliphatic heterocycles. The van der Waals surface area contributed by atoms with Gasteiger partial charge in [0.05, 0.1) is 17.3 Å². The third kappa shape index (κ3) is 3.66. The zero-order chi connectivity index (χ0) is 17.2. The van der Waals surface area contributed by atoms with E-state index < -0.39 is 6.36 Å². The number of alkyl halides is 3. The smallest absolute Gasteiger partial charge is 0.406 e. The number of nitriles is 1. The van der Waals surface area contributed by atoms with E-state index in [1.807, 2.05) is 6.07 Å². The van der Waals surface area contributed by atoms with E-state index in [0.29, 0.717) is 29.9 Å². The number of rotatable bonds is 3. The number of aryl methyl sites for hydroxylation is 1. The Balaban J connectivity index is 1.75. The van der Waals surface area contributed by atoms with Gasteiger partial charge in [0.2, 0.25) is 0 Å². The fourth-order valence-corrected chi connectivity index (χ4v) is 2.44. The molecule has 0 N–H and O–H groups in total. The second-order valence-corrected chi connectivity index (χ2v) is 5.13. The first-order valence-corrected chi connectivity index (χ1v) is 7.08. The van der Waals surface area contributed by atoms with Crippen LogP contribution in [0.3, 0.4) is 0 Å². The highest BCUT2D eigenvalue weighted by molar-refractivity contribution is 6.04. The van der Waals surface area contributed by atoms with Crippen molar-refractivity contribution in [3.05, 3.63) is 59.2 Å². The summed E-state index contributed by atoms with van der Waals surface area (Å²) in [6.07, 6.45) is -3.57. The number of ether oxygens (including phenoxy) is 1. The van der Waals surface area contributed by atoms with E-state index in [-0.39, 0.29) is 5.75 Å². The quantitative estimate of drug-likeness (QED) is 0.792. The number of halogens is 3. The molecule has 0 spiro atoms. The van der Waals surface area contributed by atoms with E-state index in [1.165, 1.54) is 12.1 Å². The van der Waals surface area contributed by atoms with Crippen molar-refractivity contribution in [3.63, 3.8) is 0 Å².